The van der Waals surface area contributed by atoms with Crippen LogP contribution >= 0.6 is 11.6 Å². The maximum absolute atomic E-state index is 12.9. The summed E-state index contributed by atoms with van der Waals surface area (Å²) in [6, 6.07) is 12.2. The number of carbonyl (C=O) groups is 2. The molecule has 29 heavy (non-hydrogen) atoms. The molecule has 0 spiro atoms. The van der Waals surface area contributed by atoms with Gasteiger partial charge in [-0.05, 0) is 51.1 Å². The summed E-state index contributed by atoms with van der Waals surface area (Å²) in [6.07, 6.45) is 1.54. The molecule has 0 unspecified atom stereocenters. The predicted molar refractivity (Wildman–Crippen MR) is 109 cm³/mol. The van der Waals surface area contributed by atoms with Crippen molar-refractivity contribution >= 4 is 23.5 Å². The quantitative estimate of drug-likeness (QED) is 0.583. The monoisotopic (exact) mass is 415 g/mol. The lowest BCUT2D eigenvalue weighted by atomic mass is 10.2. The number of nitrogens with zero attached hydrogens (tertiary/aromatic N) is 3. The van der Waals surface area contributed by atoms with E-state index in [-0.39, 0.29) is 12.2 Å². The molecule has 0 saturated heterocycles. The highest BCUT2D eigenvalue weighted by atomic mass is 35.5. The van der Waals surface area contributed by atoms with Crippen LogP contribution in [-0.2, 0) is 9.53 Å². The van der Waals surface area contributed by atoms with Crippen LogP contribution in [0.1, 0.15) is 31.3 Å². The standard InChI is InChI=1S/C21H22ClN3O4/c1-21(2,3)29-19(26)13-24(4)20(27)16-12-17(18-9-6-10-28-18)25(23-16)15-8-5-7-14(22)11-15/h5-12H,13H2,1-4H3. The number of esters is 1. The second kappa shape index (κ2) is 8.13. The van der Waals surface area contributed by atoms with Gasteiger partial charge in [0.25, 0.3) is 5.91 Å². The zero-order valence-electron chi connectivity index (χ0n) is 16.7. The summed E-state index contributed by atoms with van der Waals surface area (Å²) in [7, 11) is 1.53. The highest BCUT2D eigenvalue weighted by Gasteiger charge is 2.24. The number of carbonyl (C=O) groups excluding carboxylic acids is 2. The van der Waals surface area contributed by atoms with Gasteiger partial charge in [0.05, 0.1) is 12.0 Å². The summed E-state index contributed by atoms with van der Waals surface area (Å²) < 4.78 is 12.4. The van der Waals surface area contributed by atoms with Crippen molar-refractivity contribution in [1.82, 2.24) is 14.7 Å². The van der Waals surface area contributed by atoms with Crippen molar-refractivity contribution in [2.24, 2.45) is 0 Å². The highest BCUT2D eigenvalue weighted by Crippen LogP contribution is 2.26. The van der Waals surface area contributed by atoms with Crippen LogP contribution in [0, 0.1) is 0 Å². The molecule has 1 aromatic carbocycles. The molecule has 0 aliphatic rings. The molecule has 0 atom stereocenters. The molecule has 3 aromatic rings. The van der Waals surface area contributed by atoms with E-state index >= 15 is 0 Å². The van der Waals surface area contributed by atoms with Gasteiger partial charge in [-0.15, -0.1) is 0 Å². The third-order valence-electron chi connectivity index (χ3n) is 3.89. The molecule has 3 rings (SSSR count). The fourth-order valence-electron chi connectivity index (χ4n) is 2.72. The Morgan fingerprint density at radius 2 is 1.97 bits per heavy atom. The molecule has 0 aliphatic carbocycles. The van der Waals surface area contributed by atoms with Crippen LogP contribution in [0.15, 0.2) is 53.1 Å². The van der Waals surface area contributed by atoms with Gasteiger partial charge >= 0.3 is 5.97 Å². The Hall–Kier alpha value is -3.06. The third kappa shape index (κ3) is 5.06. The second-order valence-corrected chi connectivity index (χ2v) is 7.97. The van der Waals surface area contributed by atoms with E-state index in [1.165, 1.54) is 11.9 Å². The van der Waals surface area contributed by atoms with Gasteiger partial charge in [0.1, 0.15) is 17.8 Å². The summed E-state index contributed by atoms with van der Waals surface area (Å²) in [4.78, 5) is 26.2. The molecule has 0 aliphatic heterocycles. The lowest BCUT2D eigenvalue weighted by molar-refractivity contribution is -0.155. The Labute approximate surface area is 173 Å². The van der Waals surface area contributed by atoms with E-state index in [4.69, 9.17) is 20.8 Å². The molecular formula is C21H22ClN3O4. The normalized spacial score (nSPS) is 11.3. The van der Waals surface area contributed by atoms with E-state index in [2.05, 4.69) is 5.10 Å². The molecule has 152 valence electrons. The van der Waals surface area contributed by atoms with E-state index in [0.717, 1.165) is 0 Å². The lowest BCUT2D eigenvalue weighted by Crippen LogP contribution is -2.36. The summed E-state index contributed by atoms with van der Waals surface area (Å²) in [6.45, 7) is 5.13. The number of likely N-dealkylation sites (N-methyl/N-ethyl adjacent to an activating group) is 1. The van der Waals surface area contributed by atoms with Crippen LogP contribution in [-0.4, -0.2) is 45.8 Å². The zero-order valence-corrected chi connectivity index (χ0v) is 17.4. The van der Waals surface area contributed by atoms with Crippen LogP contribution in [0.25, 0.3) is 17.1 Å². The van der Waals surface area contributed by atoms with Gasteiger partial charge in [0.2, 0.25) is 0 Å². The maximum Gasteiger partial charge on any atom is 0.326 e. The number of hydrogen-bond acceptors (Lipinski definition) is 5. The predicted octanol–water partition coefficient (Wildman–Crippen LogP) is 4.20. The summed E-state index contributed by atoms with van der Waals surface area (Å²) >= 11 is 6.11. The van der Waals surface area contributed by atoms with Crippen molar-refractivity contribution in [3.63, 3.8) is 0 Å². The van der Waals surface area contributed by atoms with Gasteiger partial charge in [0.15, 0.2) is 11.5 Å². The van der Waals surface area contributed by atoms with Crippen molar-refractivity contribution in [1.29, 1.82) is 0 Å². The SMILES string of the molecule is CN(CC(=O)OC(C)(C)C)C(=O)c1cc(-c2ccco2)n(-c2cccc(Cl)c2)n1. The third-order valence-corrected chi connectivity index (χ3v) is 4.12. The van der Waals surface area contributed by atoms with Gasteiger partial charge in [-0.1, -0.05) is 17.7 Å². The second-order valence-electron chi connectivity index (χ2n) is 7.53. The molecule has 0 fully saturated rings. The Kier molecular flexibility index (Phi) is 5.79. The van der Waals surface area contributed by atoms with E-state index in [1.54, 1.807) is 68.1 Å². The van der Waals surface area contributed by atoms with Gasteiger partial charge in [-0.2, -0.15) is 5.10 Å². The molecular weight excluding hydrogens is 394 g/mol. The molecule has 7 nitrogen and oxygen atoms in total. The molecule has 8 heteroatoms. The van der Waals surface area contributed by atoms with E-state index in [0.29, 0.717) is 22.2 Å². The molecule has 0 bridgehead atoms. The average Bonchev–Trinajstić information content (AvgIpc) is 3.28. The molecule has 1 amide bonds. The first-order chi connectivity index (χ1) is 13.6. The van der Waals surface area contributed by atoms with Crippen LogP contribution in [0.2, 0.25) is 5.02 Å². The highest BCUT2D eigenvalue weighted by molar-refractivity contribution is 6.30. The van der Waals surface area contributed by atoms with E-state index < -0.39 is 17.5 Å². The Morgan fingerprint density at radius 1 is 1.21 bits per heavy atom. The van der Waals surface area contributed by atoms with Gasteiger partial charge < -0.3 is 14.1 Å². The number of amides is 1. The number of halogens is 1. The van der Waals surface area contributed by atoms with Crippen molar-refractivity contribution in [2.75, 3.05) is 13.6 Å². The Morgan fingerprint density at radius 3 is 2.59 bits per heavy atom. The summed E-state index contributed by atoms with van der Waals surface area (Å²) in [5.74, 6) is -0.357. The lowest BCUT2D eigenvalue weighted by Gasteiger charge is -2.22. The smallest absolute Gasteiger partial charge is 0.326 e. The van der Waals surface area contributed by atoms with E-state index in [1.807, 2.05) is 6.07 Å². The Balaban J connectivity index is 1.91. The number of aromatic nitrogens is 2. The minimum atomic E-state index is -0.623. The van der Waals surface area contributed by atoms with Gasteiger partial charge in [-0.3, -0.25) is 9.59 Å². The molecule has 0 radical (unpaired) electrons. The zero-order chi connectivity index (χ0) is 21.2. The van der Waals surface area contributed by atoms with Crippen LogP contribution in [0.5, 0.6) is 0 Å². The molecule has 0 saturated carbocycles. The van der Waals surface area contributed by atoms with Crippen LogP contribution in [0.4, 0.5) is 0 Å². The maximum atomic E-state index is 12.9. The van der Waals surface area contributed by atoms with Crippen molar-refractivity contribution in [3.05, 3.63) is 59.4 Å². The minimum absolute atomic E-state index is 0.169. The van der Waals surface area contributed by atoms with Crippen LogP contribution < -0.4 is 0 Å². The number of ether oxygens (including phenoxy) is 1. The summed E-state index contributed by atoms with van der Waals surface area (Å²) in [5.41, 5.74) is 0.813. The number of furan rings is 1. The fraction of sp³-hybridized carbons (Fsp3) is 0.286. The first kappa shape index (κ1) is 20.7. The molecule has 2 heterocycles. The van der Waals surface area contributed by atoms with Crippen molar-refractivity contribution < 1.29 is 18.7 Å². The first-order valence-electron chi connectivity index (χ1n) is 9.01. The summed E-state index contributed by atoms with van der Waals surface area (Å²) in [5, 5.41) is 4.98. The molecule has 2 aromatic heterocycles. The van der Waals surface area contributed by atoms with Gasteiger partial charge in [0, 0.05) is 18.1 Å². The number of hydrogen-bond donors (Lipinski definition) is 0. The largest absolute Gasteiger partial charge is 0.463 e. The Bertz CT molecular complexity index is 1020. The minimum Gasteiger partial charge on any atom is -0.463 e. The molecule has 0 N–H and O–H groups in total. The fourth-order valence-corrected chi connectivity index (χ4v) is 2.91. The van der Waals surface area contributed by atoms with E-state index in [9.17, 15) is 9.59 Å². The van der Waals surface area contributed by atoms with Crippen LogP contribution in [0.3, 0.4) is 0 Å². The topological polar surface area (TPSA) is 77.6 Å². The van der Waals surface area contributed by atoms with Crippen molar-refractivity contribution in [3.8, 4) is 17.1 Å². The first-order valence-corrected chi connectivity index (χ1v) is 9.39. The van der Waals surface area contributed by atoms with Gasteiger partial charge in [-0.25, -0.2) is 4.68 Å². The van der Waals surface area contributed by atoms with Crippen molar-refractivity contribution in [2.45, 2.75) is 26.4 Å². The number of rotatable bonds is 5. The average molecular weight is 416 g/mol. The number of benzene rings is 1.